The Bertz CT molecular complexity index is 815. The van der Waals surface area contributed by atoms with E-state index in [1.165, 1.54) is 11.3 Å². The van der Waals surface area contributed by atoms with Gasteiger partial charge in [-0.15, -0.1) is 11.3 Å². The number of ether oxygens (including phenoxy) is 1. The number of rotatable bonds is 3. The predicted octanol–water partition coefficient (Wildman–Crippen LogP) is 2.90. The summed E-state index contributed by atoms with van der Waals surface area (Å²) in [4.78, 5) is 36.6. The molecule has 7 heteroatoms. The van der Waals surface area contributed by atoms with Crippen molar-refractivity contribution in [3.8, 4) is 0 Å². The highest BCUT2D eigenvalue weighted by Gasteiger charge is 2.28. The maximum Gasteiger partial charge on any atom is 0.348 e. The van der Waals surface area contributed by atoms with Crippen LogP contribution in [0.2, 0.25) is 0 Å². The molecule has 3 rings (SSSR count). The van der Waals surface area contributed by atoms with Crippen LogP contribution in [0.15, 0.2) is 0 Å². The van der Waals surface area contributed by atoms with Gasteiger partial charge in [-0.3, -0.25) is 4.79 Å². The average Bonchev–Trinajstić information content (AvgIpc) is 2.86. The largest absolute Gasteiger partial charge is 0.462 e. The number of thiophene rings is 1. The summed E-state index contributed by atoms with van der Waals surface area (Å²) in [7, 11) is 0. The van der Waals surface area contributed by atoms with Gasteiger partial charge in [-0.25, -0.2) is 14.8 Å². The molecule has 0 spiro atoms. The number of hydrogen-bond acceptors (Lipinski definition) is 7. The quantitative estimate of drug-likeness (QED) is 0.795. The maximum absolute atomic E-state index is 12.2. The fourth-order valence-electron chi connectivity index (χ4n) is 3.05. The Morgan fingerprint density at radius 2 is 2.12 bits per heavy atom. The summed E-state index contributed by atoms with van der Waals surface area (Å²) in [5.74, 6) is 1.46. The van der Waals surface area contributed by atoms with Crippen molar-refractivity contribution in [2.24, 2.45) is 5.92 Å². The van der Waals surface area contributed by atoms with Crippen molar-refractivity contribution in [1.82, 2.24) is 9.97 Å². The van der Waals surface area contributed by atoms with E-state index in [-0.39, 0.29) is 11.9 Å². The summed E-state index contributed by atoms with van der Waals surface area (Å²) in [6.07, 6.45) is 0.527. The van der Waals surface area contributed by atoms with Crippen LogP contribution in [0, 0.1) is 19.8 Å². The molecule has 6 nitrogen and oxygen atoms in total. The van der Waals surface area contributed by atoms with Crippen LogP contribution < -0.4 is 4.90 Å². The van der Waals surface area contributed by atoms with Gasteiger partial charge in [0.25, 0.3) is 0 Å². The van der Waals surface area contributed by atoms with Crippen LogP contribution in [-0.4, -0.2) is 41.4 Å². The number of Topliss-reactive ketones (excluding diaryl/α,β-unsaturated/α-hetero) is 1. The van der Waals surface area contributed by atoms with Crippen molar-refractivity contribution in [1.29, 1.82) is 0 Å². The average molecular weight is 347 g/mol. The highest BCUT2D eigenvalue weighted by atomic mass is 32.1. The third kappa shape index (κ3) is 2.88. The van der Waals surface area contributed by atoms with Gasteiger partial charge in [0.15, 0.2) is 0 Å². The molecule has 1 aliphatic heterocycles. The van der Waals surface area contributed by atoms with Crippen LogP contribution in [0.25, 0.3) is 10.2 Å². The van der Waals surface area contributed by atoms with Gasteiger partial charge in [0.1, 0.15) is 27.1 Å². The van der Waals surface area contributed by atoms with Crippen LogP contribution in [0.4, 0.5) is 5.82 Å². The van der Waals surface area contributed by atoms with Crippen molar-refractivity contribution in [2.45, 2.75) is 34.1 Å². The van der Waals surface area contributed by atoms with Crippen LogP contribution in [0.5, 0.6) is 0 Å². The summed E-state index contributed by atoms with van der Waals surface area (Å²) < 4.78 is 5.15. The lowest BCUT2D eigenvalue weighted by Gasteiger charge is -2.31. The lowest BCUT2D eigenvalue weighted by atomic mass is 9.98. The van der Waals surface area contributed by atoms with Gasteiger partial charge in [-0.1, -0.05) is 6.92 Å². The monoisotopic (exact) mass is 347 g/mol. The van der Waals surface area contributed by atoms with Crippen LogP contribution >= 0.6 is 11.3 Å². The SMILES string of the molecule is CCOC(=O)c1sc2nc(C)nc(N3CCC(=O)C(C)C3)c2c1C. The van der Waals surface area contributed by atoms with Crippen molar-refractivity contribution >= 4 is 39.1 Å². The van der Waals surface area contributed by atoms with Gasteiger partial charge >= 0.3 is 5.97 Å². The fourth-order valence-corrected chi connectivity index (χ4v) is 4.16. The van der Waals surface area contributed by atoms with Gasteiger partial charge in [0.05, 0.1) is 12.0 Å². The molecular weight excluding hydrogens is 326 g/mol. The van der Waals surface area contributed by atoms with E-state index in [4.69, 9.17) is 4.74 Å². The topological polar surface area (TPSA) is 72.4 Å². The minimum absolute atomic E-state index is 0.00691. The number of hydrogen-bond donors (Lipinski definition) is 0. The summed E-state index contributed by atoms with van der Waals surface area (Å²) in [6.45, 7) is 9.14. The van der Waals surface area contributed by atoms with Gasteiger partial charge in [-0.05, 0) is 26.3 Å². The third-order valence-electron chi connectivity index (χ3n) is 4.32. The van der Waals surface area contributed by atoms with Gasteiger partial charge in [0.2, 0.25) is 0 Å². The molecule has 0 bridgehead atoms. The Hall–Kier alpha value is -2.02. The molecule has 1 atom stereocenters. The van der Waals surface area contributed by atoms with E-state index in [0.29, 0.717) is 42.6 Å². The number of fused-ring (bicyclic) bond motifs is 1. The van der Waals surface area contributed by atoms with E-state index >= 15 is 0 Å². The lowest BCUT2D eigenvalue weighted by molar-refractivity contribution is -0.122. The normalized spacial score (nSPS) is 18.2. The molecule has 2 aromatic rings. The molecule has 0 aliphatic carbocycles. The summed E-state index contributed by atoms with van der Waals surface area (Å²) in [5, 5.41) is 0.898. The van der Waals surface area contributed by atoms with E-state index in [0.717, 1.165) is 21.6 Å². The Morgan fingerprint density at radius 1 is 1.38 bits per heavy atom. The molecule has 2 aromatic heterocycles. The molecule has 128 valence electrons. The van der Waals surface area contributed by atoms with E-state index in [1.807, 2.05) is 20.8 Å². The Labute approximate surface area is 144 Å². The molecule has 0 N–H and O–H groups in total. The number of carbonyl (C=O) groups is 2. The van der Waals surface area contributed by atoms with E-state index in [2.05, 4.69) is 14.9 Å². The molecular formula is C17H21N3O3S. The highest BCUT2D eigenvalue weighted by Crippen LogP contribution is 2.36. The molecule has 1 fully saturated rings. The van der Waals surface area contributed by atoms with Crippen molar-refractivity contribution in [3.05, 3.63) is 16.3 Å². The molecule has 3 heterocycles. The van der Waals surface area contributed by atoms with Crippen molar-refractivity contribution < 1.29 is 14.3 Å². The van der Waals surface area contributed by atoms with Crippen molar-refractivity contribution in [2.75, 3.05) is 24.6 Å². The lowest BCUT2D eigenvalue weighted by Crippen LogP contribution is -2.40. The first-order valence-electron chi connectivity index (χ1n) is 8.14. The Balaban J connectivity index is 2.10. The van der Waals surface area contributed by atoms with Gasteiger partial charge < -0.3 is 9.64 Å². The van der Waals surface area contributed by atoms with Gasteiger partial charge in [-0.2, -0.15) is 0 Å². The first kappa shape index (κ1) is 16.8. The number of piperidine rings is 1. The fraction of sp³-hybridized carbons (Fsp3) is 0.529. The minimum Gasteiger partial charge on any atom is -0.462 e. The minimum atomic E-state index is -0.316. The maximum atomic E-state index is 12.2. The molecule has 1 aliphatic rings. The molecule has 0 aromatic carbocycles. The van der Waals surface area contributed by atoms with E-state index in [9.17, 15) is 9.59 Å². The molecule has 1 unspecified atom stereocenters. The first-order valence-corrected chi connectivity index (χ1v) is 8.96. The van der Waals surface area contributed by atoms with Crippen molar-refractivity contribution in [3.63, 3.8) is 0 Å². The number of aromatic nitrogens is 2. The molecule has 1 saturated heterocycles. The summed E-state index contributed by atoms with van der Waals surface area (Å²) in [5.41, 5.74) is 0.855. The number of esters is 1. The number of ketones is 1. The molecule has 0 radical (unpaired) electrons. The standard InChI is InChI=1S/C17H21N3O3S/c1-5-23-17(22)14-10(3)13-15(18-11(4)19-16(13)24-14)20-7-6-12(21)9(2)8-20/h9H,5-8H2,1-4H3. The predicted molar refractivity (Wildman–Crippen MR) is 93.8 cm³/mol. The van der Waals surface area contributed by atoms with Crippen LogP contribution in [0.3, 0.4) is 0 Å². The summed E-state index contributed by atoms with van der Waals surface area (Å²) >= 11 is 1.35. The molecule has 0 saturated carbocycles. The second-order valence-corrected chi connectivity index (χ2v) is 7.11. The Kier molecular flexibility index (Phi) is 4.54. The molecule has 0 amide bonds. The highest BCUT2D eigenvalue weighted by molar-refractivity contribution is 7.20. The van der Waals surface area contributed by atoms with Gasteiger partial charge in [0, 0.05) is 25.4 Å². The van der Waals surface area contributed by atoms with Crippen LogP contribution in [0.1, 0.15) is 41.3 Å². The zero-order chi connectivity index (χ0) is 17.4. The second kappa shape index (κ2) is 6.47. The van der Waals surface area contributed by atoms with E-state index < -0.39 is 0 Å². The Morgan fingerprint density at radius 3 is 2.79 bits per heavy atom. The zero-order valence-corrected chi connectivity index (χ0v) is 15.2. The number of aryl methyl sites for hydroxylation is 2. The van der Waals surface area contributed by atoms with Crippen LogP contribution in [-0.2, 0) is 9.53 Å². The number of nitrogens with zero attached hydrogens (tertiary/aromatic N) is 3. The number of carbonyl (C=O) groups excluding carboxylic acids is 2. The smallest absolute Gasteiger partial charge is 0.348 e. The van der Waals surface area contributed by atoms with E-state index in [1.54, 1.807) is 6.92 Å². The first-order chi connectivity index (χ1) is 11.4. The zero-order valence-electron chi connectivity index (χ0n) is 14.4. The summed E-state index contributed by atoms with van der Waals surface area (Å²) in [6, 6.07) is 0. The molecule has 24 heavy (non-hydrogen) atoms. The second-order valence-electron chi connectivity index (χ2n) is 6.11. The third-order valence-corrected chi connectivity index (χ3v) is 5.48. The number of anilines is 1.